The highest BCUT2D eigenvalue weighted by atomic mass is 19.4. The highest BCUT2D eigenvalue weighted by Gasteiger charge is 2.36. The Balaban J connectivity index is 2.76. The standard InChI is InChI=1S/C14H22F3NO2/c1-4-20-13(19)12(18-8-14(15,16)17)11-6-9(2)5-10(3)7-11/h5,9,11-12,18H,4,6-8H2,1-3H3. The molecule has 0 aromatic heterocycles. The number of rotatable bonds is 5. The Morgan fingerprint density at radius 1 is 1.55 bits per heavy atom. The molecule has 0 saturated heterocycles. The van der Waals surface area contributed by atoms with E-state index in [-0.39, 0.29) is 18.4 Å². The van der Waals surface area contributed by atoms with Crippen molar-refractivity contribution in [2.45, 2.75) is 45.8 Å². The molecule has 0 amide bonds. The second kappa shape index (κ2) is 7.11. The van der Waals surface area contributed by atoms with Crippen LogP contribution in [0.25, 0.3) is 0 Å². The highest BCUT2D eigenvalue weighted by molar-refractivity contribution is 5.76. The molecule has 0 radical (unpaired) electrons. The van der Waals surface area contributed by atoms with Gasteiger partial charge in [0.05, 0.1) is 13.2 Å². The van der Waals surface area contributed by atoms with Crippen LogP contribution in [0.3, 0.4) is 0 Å². The Morgan fingerprint density at radius 2 is 2.20 bits per heavy atom. The molecule has 0 aliphatic heterocycles. The SMILES string of the molecule is CCOC(=O)C(NCC(F)(F)F)C1CC(C)=CC(C)C1. The largest absolute Gasteiger partial charge is 0.465 e. The fourth-order valence-electron chi connectivity index (χ4n) is 2.75. The minimum Gasteiger partial charge on any atom is -0.465 e. The van der Waals surface area contributed by atoms with Crippen LogP contribution in [0.2, 0.25) is 0 Å². The Hall–Kier alpha value is -1.04. The second-order valence-electron chi connectivity index (χ2n) is 5.42. The molecule has 3 atom stereocenters. The van der Waals surface area contributed by atoms with Crippen LogP contribution in [0.5, 0.6) is 0 Å². The smallest absolute Gasteiger partial charge is 0.401 e. The second-order valence-corrected chi connectivity index (χ2v) is 5.42. The van der Waals surface area contributed by atoms with Crippen molar-refractivity contribution >= 4 is 5.97 Å². The monoisotopic (exact) mass is 293 g/mol. The molecule has 1 aliphatic carbocycles. The van der Waals surface area contributed by atoms with Gasteiger partial charge in [0.15, 0.2) is 0 Å². The first-order valence-corrected chi connectivity index (χ1v) is 6.87. The lowest BCUT2D eigenvalue weighted by Crippen LogP contribution is -2.48. The Kier molecular flexibility index (Phi) is 6.05. The lowest BCUT2D eigenvalue weighted by atomic mass is 9.79. The number of nitrogens with one attached hydrogen (secondary N) is 1. The number of hydrogen-bond acceptors (Lipinski definition) is 3. The Bertz CT molecular complexity index is 366. The first kappa shape index (κ1) is 17.0. The van der Waals surface area contributed by atoms with Crippen molar-refractivity contribution in [1.29, 1.82) is 0 Å². The number of carbonyl (C=O) groups is 1. The van der Waals surface area contributed by atoms with Crippen LogP contribution < -0.4 is 5.32 Å². The number of hydrogen-bond donors (Lipinski definition) is 1. The van der Waals surface area contributed by atoms with Crippen LogP contribution in [-0.4, -0.2) is 31.3 Å². The molecule has 0 aromatic carbocycles. The summed E-state index contributed by atoms with van der Waals surface area (Å²) in [6.45, 7) is 4.58. The molecule has 3 nitrogen and oxygen atoms in total. The highest BCUT2D eigenvalue weighted by Crippen LogP contribution is 2.31. The molecule has 6 heteroatoms. The first-order chi connectivity index (χ1) is 9.23. The van der Waals surface area contributed by atoms with Crippen molar-refractivity contribution in [3.63, 3.8) is 0 Å². The van der Waals surface area contributed by atoms with E-state index in [9.17, 15) is 18.0 Å². The van der Waals surface area contributed by atoms with Crippen molar-refractivity contribution in [2.75, 3.05) is 13.2 Å². The van der Waals surface area contributed by atoms with E-state index in [2.05, 4.69) is 11.4 Å². The molecule has 3 unspecified atom stereocenters. The molecular formula is C14H22F3NO2. The minimum absolute atomic E-state index is 0.156. The molecule has 0 heterocycles. The number of ether oxygens (including phenoxy) is 1. The summed E-state index contributed by atoms with van der Waals surface area (Å²) in [6.07, 6.45) is -0.928. The lowest BCUT2D eigenvalue weighted by molar-refractivity contribution is -0.151. The zero-order valence-corrected chi connectivity index (χ0v) is 12.1. The molecule has 1 N–H and O–H groups in total. The van der Waals surface area contributed by atoms with Crippen molar-refractivity contribution in [3.8, 4) is 0 Å². The van der Waals surface area contributed by atoms with Gasteiger partial charge in [-0.2, -0.15) is 13.2 Å². The van der Waals surface area contributed by atoms with Gasteiger partial charge >= 0.3 is 12.1 Å². The molecule has 20 heavy (non-hydrogen) atoms. The summed E-state index contributed by atoms with van der Waals surface area (Å²) in [5.74, 6) is -0.488. The molecule has 0 bridgehead atoms. The van der Waals surface area contributed by atoms with Gasteiger partial charge in [0.25, 0.3) is 0 Å². The summed E-state index contributed by atoms with van der Waals surface area (Å²) in [7, 11) is 0. The average molecular weight is 293 g/mol. The molecule has 116 valence electrons. The lowest BCUT2D eigenvalue weighted by Gasteiger charge is -2.31. The van der Waals surface area contributed by atoms with Gasteiger partial charge in [-0.05, 0) is 38.5 Å². The maximum absolute atomic E-state index is 12.4. The van der Waals surface area contributed by atoms with Gasteiger partial charge in [-0.3, -0.25) is 10.1 Å². The van der Waals surface area contributed by atoms with Gasteiger partial charge in [-0.25, -0.2) is 0 Å². The van der Waals surface area contributed by atoms with E-state index in [1.165, 1.54) is 0 Å². The van der Waals surface area contributed by atoms with Gasteiger partial charge in [0.2, 0.25) is 0 Å². The van der Waals surface area contributed by atoms with Crippen molar-refractivity contribution < 1.29 is 22.7 Å². The number of esters is 1. The molecule has 1 aliphatic rings. The Labute approximate surface area is 117 Å². The van der Waals surface area contributed by atoms with Gasteiger partial charge < -0.3 is 4.74 Å². The van der Waals surface area contributed by atoms with Crippen LogP contribution in [0.4, 0.5) is 13.2 Å². The van der Waals surface area contributed by atoms with Crippen molar-refractivity contribution in [2.24, 2.45) is 11.8 Å². The Morgan fingerprint density at radius 3 is 2.70 bits per heavy atom. The van der Waals surface area contributed by atoms with E-state index in [1.807, 2.05) is 13.8 Å². The quantitative estimate of drug-likeness (QED) is 0.625. The molecular weight excluding hydrogens is 271 g/mol. The third kappa shape index (κ3) is 5.53. The third-order valence-corrected chi connectivity index (χ3v) is 3.36. The maximum Gasteiger partial charge on any atom is 0.401 e. The fraction of sp³-hybridized carbons (Fsp3) is 0.786. The van der Waals surface area contributed by atoms with Gasteiger partial charge in [0.1, 0.15) is 6.04 Å². The van der Waals surface area contributed by atoms with Crippen LogP contribution in [0.15, 0.2) is 11.6 Å². The molecule has 0 saturated carbocycles. The van der Waals surface area contributed by atoms with Gasteiger partial charge in [-0.15, -0.1) is 0 Å². The third-order valence-electron chi connectivity index (χ3n) is 3.36. The molecule has 0 aromatic rings. The zero-order valence-electron chi connectivity index (χ0n) is 12.1. The van der Waals surface area contributed by atoms with Gasteiger partial charge in [-0.1, -0.05) is 18.6 Å². The summed E-state index contributed by atoms with van der Waals surface area (Å²) in [4.78, 5) is 11.9. The van der Waals surface area contributed by atoms with Crippen LogP contribution in [0, 0.1) is 11.8 Å². The summed E-state index contributed by atoms with van der Waals surface area (Å²) in [5, 5.41) is 2.33. The molecule has 0 fully saturated rings. The average Bonchev–Trinajstić information content (AvgIpc) is 2.26. The topological polar surface area (TPSA) is 38.3 Å². The normalized spacial score (nSPS) is 25.0. The summed E-state index contributed by atoms with van der Waals surface area (Å²) >= 11 is 0. The van der Waals surface area contributed by atoms with Crippen LogP contribution >= 0.6 is 0 Å². The van der Waals surface area contributed by atoms with Gasteiger partial charge in [0, 0.05) is 0 Å². The zero-order chi connectivity index (χ0) is 15.3. The number of halogens is 3. The summed E-state index contributed by atoms with van der Waals surface area (Å²) in [6, 6.07) is -0.900. The number of carbonyl (C=O) groups excluding carboxylic acids is 1. The minimum atomic E-state index is -4.34. The van der Waals surface area contributed by atoms with E-state index in [4.69, 9.17) is 4.74 Å². The number of allylic oxidation sites excluding steroid dienone is 2. The first-order valence-electron chi connectivity index (χ1n) is 6.87. The predicted octanol–water partition coefficient (Wildman–Crippen LogP) is 3.06. The van der Waals surface area contributed by atoms with Crippen molar-refractivity contribution in [1.82, 2.24) is 5.32 Å². The van der Waals surface area contributed by atoms with Crippen LogP contribution in [0.1, 0.15) is 33.6 Å². The predicted molar refractivity (Wildman–Crippen MR) is 70.1 cm³/mol. The van der Waals surface area contributed by atoms with E-state index in [1.54, 1.807) is 6.92 Å². The molecule has 0 spiro atoms. The van der Waals surface area contributed by atoms with E-state index >= 15 is 0 Å². The van der Waals surface area contributed by atoms with Crippen molar-refractivity contribution in [3.05, 3.63) is 11.6 Å². The summed E-state index contributed by atoms with van der Waals surface area (Å²) < 4.78 is 42.0. The van der Waals surface area contributed by atoms with E-state index < -0.39 is 24.7 Å². The van der Waals surface area contributed by atoms with E-state index in [0.717, 1.165) is 5.57 Å². The summed E-state index contributed by atoms with van der Waals surface area (Å²) in [5.41, 5.74) is 1.11. The maximum atomic E-state index is 12.4. The fourth-order valence-corrected chi connectivity index (χ4v) is 2.75. The number of alkyl halides is 3. The van der Waals surface area contributed by atoms with E-state index in [0.29, 0.717) is 12.8 Å². The van der Waals surface area contributed by atoms with Crippen LogP contribution in [-0.2, 0) is 9.53 Å². The molecule has 1 rings (SSSR count).